The second-order valence-electron chi connectivity index (χ2n) is 3.86. The first-order chi connectivity index (χ1) is 9.56. The van der Waals surface area contributed by atoms with E-state index in [-0.39, 0.29) is 11.7 Å². The third kappa shape index (κ3) is 4.03. The molecule has 0 bridgehead atoms. The van der Waals surface area contributed by atoms with Crippen LogP contribution in [0.3, 0.4) is 0 Å². The minimum atomic E-state index is -0.214. The molecular formula is C13H11Cl2N3OS. The summed E-state index contributed by atoms with van der Waals surface area (Å²) in [4.78, 5) is 16.0. The van der Waals surface area contributed by atoms with Crippen LogP contribution in [0.25, 0.3) is 0 Å². The van der Waals surface area contributed by atoms with E-state index in [0.717, 1.165) is 5.03 Å². The second-order valence-corrected chi connectivity index (χ2v) is 5.67. The Morgan fingerprint density at radius 2 is 2.00 bits per heavy atom. The zero-order valence-corrected chi connectivity index (χ0v) is 12.6. The number of carbonyl (C=O) groups excluding carboxylic acids is 1. The summed E-state index contributed by atoms with van der Waals surface area (Å²) >= 11 is 13.3. The molecule has 104 valence electrons. The van der Waals surface area contributed by atoms with Gasteiger partial charge in [0.2, 0.25) is 5.91 Å². The number of hydrogen-bond donors (Lipinski definition) is 2. The summed E-state index contributed by atoms with van der Waals surface area (Å²) in [5, 5.41) is 4.07. The molecule has 7 heteroatoms. The van der Waals surface area contributed by atoms with Crippen molar-refractivity contribution >= 4 is 52.2 Å². The molecule has 0 radical (unpaired) electrons. The fourth-order valence-electron chi connectivity index (χ4n) is 1.46. The smallest absolute Gasteiger partial charge is 0.234 e. The molecule has 0 spiro atoms. The number of nitrogens with zero attached hydrogens (tertiary/aromatic N) is 1. The minimum absolute atomic E-state index is 0.214. The van der Waals surface area contributed by atoms with Crippen molar-refractivity contribution in [1.82, 2.24) is 4.98 Å². The molecule has 1 aromatic carbocycles. The number of hydrogen-bond acceptors (Lipinski definition) is 4. The van der Waals surface area contributed by atoms with Gasteiger partial charge in [0.05, 0.1) is 26.5 Å². The molecule has 3 N–H and O–H groups in total. The summed E-state index contributed by atoms with van der Waals surface area (Å²) in [5.74, 6) is 0.00264. The van der Waals surface area contributed by atoms with Gasteiger partial charge < -0.3 is 11.1 Å². The van der Waals surface area contributed by atoms with Crippen molar-refractivity contribution in [1.29, 1.82) is 0 Å². The van der Waals surface area contributed by atoms with Crippen molar-refractivity contribution in [3.63, 3.8) is 0 Å². The number of nitrogens with two attached hydrogens (primary N) is 1. The number of amides is 1. The molecule has 0 saturated carbocycles. The van der Waals surface area contributed by atoms with E-state index < -0.39 is 0 Å². The third-order valence-electron chi connectivity index (χ3n) is 2.32. The maximum atomic E-state index is 11.9. The number of thioether (sulfide) groups is 1. The molecule has 0 saturated heterocycles. The Balaban J connectivity index is 1.98. The highest BCUT2D eigenvalue weighted by Crippen LogP contribution is 2.33. The highest BCUT2D eigenvalue weighted by atomic mass is 35.5. The first-order valence-electron chi connectivity index (χ1n) is 5.64. The number of rotatable bonds is 4. The quantitative estimate of drug-likeness (QED) is 0.663. The van der Waals surface area contributed by atoms with Crippen LogP contribution in [-0.4, -0.2) is 16.6 Å². The zero-order chi connectivity index (χ0) is 14.5. The van der Waals surface area contributed by atoms with Gasteiger partial charge in [-0.15, -0.1) is 0 Å². The van der Waals surface area contributed by atoms with Crippen molar-refractivity contribution < 1.29 is 4.79 Å². The van der Waals surface area contributed by atoms with Gasteiger partial charge in [-0.3, -0.25) is 4.79 Å². The van der Waals surface area contributed by atoms with Crippen molar-refractivity contribution in [3.05, 3.63) is 46.6 Å². The highest BCUT2D eigenvalue weighted by Gasteiger charge is 2.11. The number of nitrogen functional groups attached to an aromatic ring is 1. The van der Waals surface area contributed by atoms with E-state index in [0.29, 0.717) is 21.4 Å². The number of pyridine rings is 1. The Morgan fingerprint density at radius 1 is 1.30 bits per heavy atom. The third-order valence-corrected chi connectivity index (χ3v) is 3.86. The van der Waals surface area contributed by atoms with Gasteiger partial charge in [0.15, 0.2) is 0 Å². The predicted octanol–water partition coefficient (Wildman–Crippen LogP) is 3.70. The normalized spacial score (nSPS) is 10.3. The SMILES string of the molecule is Nc1cc(Cl)c(NC(=O)CSc2ccccn2)c(Cl)c1. The second kappa shape index (κ2) is 6.83. The lowest BCUT2D eigenvalue weighted by Crippen LogP contribution is -2.15. The Bertz CT molecular complexity index is 599. The molecule has 0 unspecified atom stereocenters. The van der Waals surface area contributed by atoms with Gasteiger partial charge in [0.1, 0.15) is 0 Å². The summed E-state index contributed by atoms with van der Waals surface area (Å²) in [7, 11) is 0. The molecule has 0 aliphatic heterocycles. The Morgan fingerprint density at radius 3 is 2.60 bits per heavy atom. The summed E-state index contributed by atoms with van der Waals surface area (Å²) < 4.78 is 0. The van der Waals surface area contributed by atoms with E-state index in [1.54, 1.807) is 6.20 Å². The molecule has 2 rings (SSSR count). The Hall–Kier alpha value is -1.43. The number of benzene rings is 1. The number of aromatic nitrogens is 1. The molecule has 4 nitrogen and oxygen atoms in total. The van der Waals surface area contributed by atoms with Crippen LogP contribution in [0.1, 0.15) is 0 Å². The summed E-state index contributed by atoms with van der Waals surface area (Å²) in [6.07, 6.45) is 1.67. The predicted molar refractivity (Wildman–Crippen MR) is 84.5 cm³/mol. The molecule has 0 aliphatic carbocycles. The maximum absolute atomic E-state index is 11.9. The van der Waals surface area contributed by atoms with Crippen molar-refractivity contribution in [3.8, 4) is 0 Å². The molecule has 0 atom stereocenters. The number of nitrogens with one attached hydrogen (secondary N) is 1. The van der Waals surface area contributed by atoms with Crippen LogP contribution < -0.4 is 11.1 Å². The monoisotopic (exact) mass is 327 g/mol. The Kier molecular flexibility index (Phi) is 5.11. The van der Waals surface area contributed by atoms with Crippen molar-refractivity contribution in [2.24, 2.45) is 0 Å². The summed E-state index contributed by atoms with van der Waals surface area (Å²) in [5.41, 5.74) is 6.41. The fraction of sp³-hybridized carbons (Fsp3) is 0.0769. The number of anilines is 2. The van der Waals surface area contributed by atoms with E-state index >= 15 is 0 Å². The van der Waals surface area contributed by atoms with Crippen molar-refractivity contribution in [2.45, 2.75) is 5.03 Å². The van der Waals surface area contributed by atoms with Crippen LogP contribution in [0.5, 0.6) is 0 Å². The largest absolute Gasteiger partial charge is 0.399 e. The van der Waals surface area contributed by atoms with Crippen LogP contribution in [-0.2, 0) is 4.79 Å². The van der Waals surface area contributed by atoms with Gasteiger partial charge >= 0.3 is 0 Å². The standard InChI is InChI=1S/C13H11Cl2N3OS/c14-9-5-8(16)6-10(15)13(9)18-11(19)7-20-12-3-1-2-4-17-12/h1-6H,7,16H2,(H,18,19). The van der Waals surface area contributed by atoms with E-state index in [1.165, 1.54) is 23.9 Å². The van der Waals surface area contributed by atoms with Gasteiger partial charge in [-0.2, -0.15) is 0 Å². The lowest BCUT2D eigenvalue weighted by Gasteiger charge is -2.10. The van der Waals surface area contributed by atoms with Crippen LogP contribution >= 0.6 is 35.0 Å². The van der Waals surface area contributed by atoms with Gasteiger partial charge in [-0.25, -0.2) is 4.98 Å². The molecule has 0 fully saturated rings. The molecule has 1 amide bonds. The topological polar surface area (TPSA) is 68.0 Å². The van der Waals surface area contributed by atoms with Gasteiger partial charge in [-0.05, 0) is 24.3 Å². The average Bonchev–Trinajstić information content (AvgIpc) is 2.42. The van der Waals surface area contributed by atoms with Crippen molar-refractivity contribution in [2.75, 3.05) is 16.8 Å². The molecular weight excluding hydrogens is 317 g/mol. The van der Waals surface area contributed by atoms with E-state index in [4.69, 9.17) is 28.9 Å². The molecule has 1 heterocycles. The van der Waals surface area contributed by atoms with E-state index in [1.807, 2.05) is 18.2 Å². The summed E-state index contributed by atoms with van der Waals surface area (Å²) in [6, 6.07) is 8.59. The van der Waals surface area contributed by atoms with Gasteiger partial charge in [0.25, 0.3) is 0 Å². The lowest BCUT2D eigenvalue weighted by atomic mass is 10.3. The van der Waals surface area contributed by atoms with Crippen LogP contribution in [0.2, 0.25) is 10.0 Å². The zero-order valence-electron chi connectivity index (χ0n) is 10.3. The average molecular weight is 328 g/mol. The number of carbonyl (C=O) groups is 1. The molecule has 1 aromatic heterocycles. The fourth-order valence-corrected chi connectivity index (χ4v) is 2.72. The van der Waals surface area contributed by atoms with E-state index in [2.05, 4.69) is 10.3 Å². The Labute approximate surface area is 130 Å². The molecule has 20 heavy (non-hydrogen) atoms. The number of halogens is 2. The first kappa shape index (κ1) is 15.0. The van der Waals surface area contributed by atoms with Gasteiger partial charge in [0, 0.05) is 11.9 Å². The lowest BCUT2D eigenvalue weighted by molar-refractivity contribution is -0.113. The molecule has 0 aliphatic rings. The van der Waals surface area contributed by atoms with Gasteiger partial charge in [-0.1, -0.05) is 41.0 Å². The maximum Gasteiger partial charge on any atom is 0.234 e. The minimum Gasteiger partial charge on any atom is -0.399 e. The van der Waals surface area contributed by atoms with Crippen LogP contribution in [0.4, 0.5) is 11.4 Å². The summed E-state index contributed by atoms with van der Waals surface area (Å²) in [6.45, 7) is 0. The highest BCUT2D eigenvalue weighted by molar-refractivity contribution is 7.99. The van der Waals surface area contributed by atoms with Crippen LogP contribution in [0, 0.1) is 0 Å². The first-order valence-corrected chi connectivity index (χ1v) is 7.38. The molecule has 2 aromatic rings. The van der Waals surface area contributed by atoms with E-state index in [9.17, 15) is 4.79 Å². The van der Waals surface area contributed by atoms with Crippen LogP contribution in [0.15, 0.2) is 41.6 Å².